The minimum absolute atomic E-state index is 0.0685. The normalized spacial score (nSPS) is 17.1. The second kappa shape index (κ2) is 8.43. The minimum atomic E-state index is -3.41. The van der Waals surface area contributed by atoms with E-state index in [1.807, 2.05) is 12.1 Å². The highest BCUT2D eigenvalue weighted by Gasteiger charge is 2.20. The Kier molecular flexibility index (Phi) is 6.80. The van der Waals surface area contributed by atoms with Gasteiger partial charge in [-0.3, -0.25) is 0 Å². The first kappa shape index (κ1) is 19.4. The highest BCUT2D eigenvalue weighted by Crippen LogP contribution is 2.27. The summed E-state index contributed by atoms with van der Waals surface area (Å²) < 4.78 is 27.5. The van der Waals surface area contributed by atoms with Crippen molar-refractivity contribution in [3.63, 3.8) is 0 Å². The zero-order valence-corrected chi connectivity index (χ0v) is 16.0. The molecule has 1 fully saturated rings. The summed E-state index contributed by atoms with van der Waals surface area (Å²) in [6, 6.07) is 7.29. The lowest BCUT2D eigenvalue weighted by Crippen LogP contribution is -2.44. The maximum atomic E-state index is 12.4. The average molecular weight is 354 g/mol. The van der Waals surface area contributed by atoms with Gasteiger partial charge in [0.15, 0.2) is 0 Å². The predicted molar refractivity (Wildman–Crippen MR) is 98.9 cm³/mol. The average Bonchev–Trinajstić information content (AvgIpc) is 2.60. The Bertz CT molecular complexity index is 606. The number of sulfonamides is 1. The van der Waals surface area contributed by atoms with Crippen LogP contribution in [0.2, 0.25) is 0 Å². The van der Waals surface area contributed by atoms with Crippen LogP contribution in [0.5, 0.6) is 0 Å². The molecule has 2 N–H and O–H groups in total. The van der Waals surface area contributed by atoms with Crippen molar-refractivity contribution in [2.24, 2.45) is 0 Å². The predicted octanol–water partition coefficient (Wildman–Crippen LogP) is 1.95. The molecule has 1 aliphatic rings. The molecule has 24 heavy (non-hydrogen) atoms. The van der Waals surface area contributed by atoms with Gasteiger partial charge in [0.05, 0.1) is 4.90 Å². The molecule has 2 rings (SSSR count). The number of nitrogens with one attached hydrogen (secondary N) is 2. The third kappa shape index (κ3) is 5.28. The first-order valence-corrected chi connectivity index (χ1v) is 10.4. The van der Waals surface area contributed by atoms with Gasteiger partial charge in [-0.15, -0.1) is 0 Å². The van der Waals surface area contributed by atoms with E-state index in [1.165, 1.54) is 5.56 Å². The van der Waals surface area contributed by atoms with E-state index < -0.39 is 10.0 Å². The van der Waals surface area contributed by atoms with Crippen LogP contribution in [-0.4, -0.2) is 52.6 Å². The van der Waals surface area contributed by atoms with Gasteiger partial charge in [0.1, 0.15) is 0 Å². The molecule has 0 unspecified atom stereocenters. The Balaban J connectivity index is 1.85. The van der Waals surface area contributed by atoms with Crippen LogP contribution in [0.4, 0.5) is 0 Å². The summed E-state index contributed by atoms with van der Waals surface area (Å²) in [7, 11) is -3.41. The molecule has 1 aromatic rings. The smallest absolute Gasteiger partial charge is 0.240 e. The molecule has 0 amide bonds. The third-order valence-electron chi connectivity index (χ3n) is 4.98. The first-order valence-electron chi connectivity index (χ1n) is 8.88. The van der Waals surface area contributed by atoms with E-state index in [2.05, 4.69) is 35.7 Å². The summed E-state index contributed by atoms with van der Waals surface area (Å²) in [6.07, 6.45) is 1.85. The van der Waals surface area contributed by atoms with E-state index in [4.69, 9.17) is 0 Å². The zero-order chi connectivity index (χ0) is 17.6. The summed E-state index contributed by atoms with van der Waals surface area (Å²) in [5.41, 5.74) is 1.24. The van der Waals surface area contributed by atoms with E-state index >= 15 is 0 Å². The summed E-state index contributed by atoms with van der Waals surface area (Å²) in [5.74, 6) is 0. The maximum absolute atomic E-state index is 12.4. The quantitative estimate of drug-likeness (QED) is 0.701. The zero-order valence-electron chi connectivity index (χ0n) is 15.1. The molecule has 1 aliphatic heterocycles. The van der Waals surface area contributed by atoms with Crippen LogP contribution in [0.3, 0.4) is 0 Å². The van der Waals surface area contributed by atoms with Crippen LogP contribution >= 0.6 is 0 Å². The van der Waals surface area contributed by atoms with Crippen molar-refractivity contribution in [1.82, 2.24) is 14.9 Å². The fourth-order valence-corrected chi connectivity index (χ4v) is 3.89. The number of piperazine rings is 1. The highest BCUT2D eigenvalue weighted by molar-refractivity contribution is 7.89. The molecule has 1 heterocycles. The summed E-state index contributed by atoms with van der Waals surface area (Å²) in [4.78, 5) is 2.72. The molecule has 0 aromatic heterocycles. The van der Waals surface area contributed by atoms with Gasteiger partial charge in [-0.2, -0.15) is 0 Å². The second-order valence-corrected chi connectivity index (χ2v) is 8.87. The van der Waals surface area contributed by atoms with E-state index in [-0.39, 0.29) is 5.41 Å². The minimum Gasteiger partial charge on any atom is -0.314 e. The standard InChI is InChI=1S/C18H31N3O2S/c1-4-18(2,3)16-6-8-17(9-7-16)24(22,23)20-10-5-13-21-14-11-19-12-15-21/h6-9,19-20H,4-5,10-15H2,1-3H3. The van der Waals surface area contributed by atoms with Gasteiger partial charge < -0.3 is 10.2 Å². The summed E-state index contributed by atoms with van der Waals surface area (Å²) >= 11 is 0. The number of hydrogen-bond acceptors (Lipinski definition) is 4. The molecule has 0 radical (unpaired) electrons. The fraction of sp³-hybridized carbons (Fsp3) is 0.667. The molecule has 6 heteroatoms. The van der Waals surface area contributed by atoms with Gasteiger partial charge in [-0.1, -0.05) is 32.9 Å². The van der Waals surface area contributed by atoms with Gasteiger partial charge in [0, 0.05) is 32.7 Å². The van der Waals surface area contributed by atoms with Crippen molar-refractivity contribution < 1.29 is 8.42 Å². The largest absolute Gasteiger partial charge is 0.314 e. The Hall–Kier alpha value is -0.950. The number of hydrogen-bond donors (Lipinski definition) is 2. The van der Waals surface area contributed by atoms with E-state index in [0.29, 0.717) is 11.4 Å². The van der Waals surface area contributed by atoms with Gasteiger partial charge in [0.25, 0.3) is 0 Å². The lowest BCUT2D eigenvalue weighted by Gasteiger charge is -2.27. The van der Waals surface area contributed by atoms with Crippen molar-refractivity contribution in [1.29, 1.82) is 0 Å². The lowest BCUT2D eigenvalue weighted by molar-refractivity contribution is 0.239. The third-order valence-corrected chi connectivity index (χ3v) is 6.46. The Morgan fingerprint density at radius 2 is 1.79 bits per heavy atom. The van der Waals surface area contributed by atoms with Gasteiger partial charge in [-0.05, 0) is 42.5 Å². The molecule has 136 valence electrons. The van der Waals surface area contributed by atoms with E-state index in [1.54, 1.807) is 12.1 Å². The first-order chi connectivity index (χ1) is 11.3. The lowest BCUT2D eigenvalue weighted by atomic mass is 9.82. The molecule has 0 saturated carbocycles. The molecule has 1 saturated heterocycles. The van der Waals surface area contributed by atoms with Crippen molar-refractivity contribution >= 4 is 10.0 Å². The molecule has 0 aliphatic carbocycles. The highest BCUT2D eigenvalue weighted by atomic mass is 32.2. The number of rotatable bonds is 8. The van der Waals surface area contributed by atoms with Crippen LogP contribution < -0.4 is 10.0 Å². The van der Waals surface area contributed by atoms with E-state index in [9.17, 15) is 8.42 Å². The Labute approximate surface area is 146 Å². The summed E-state index contributed by atoms with van der Waals surface area (Å²) in [6.45, 7) is 12.0. The number of benzene rings is 1. The SMILES string of the molecule is CCC(C)(C)c1ccc(S(=O)(=O)NCCCN2CCNCC2)cc1. The van der Waals surface area contributed by atoms with Crippen molar-refractivity contribution in [3.05, 3.63) is 29.8 Å². The monoisotopic (exact) mass is 353 g/mol. The maximum Gasteiger partial charge on any atom is 0.240 e. The topological polar surface area (TPSA) is 61.4 Å². The van der Waals surface area contributed by atoms with Gasteiger partial charge in [0.2, 0.25) is 10.0 Å². The van der Waals surface area contributed by atoms with Crippen LogP contribution in [0.1, 0.15) is 39.2 Å². The van der Waals surface area contributed by atoms with Crippen molar-refractivity contribution in [3.8, 4) is 0 Å². The molecule has 0 atom stereocenters. The van der Waals surface area contributed by atoms with Gasteiger partial charge >= 0.3 is 0 Å². The van der Waals surface area contributed by atoms with E-state index in [0.717, 1.165) is 45.6 Å². The fourth-order valence-electron chi connectivity index (χ4n) is 2.82. The van der Waals surface area contributed by atoms with Crippen LogP contribution in [0.15, 0.2) is 29.2 Å². The Morgan fingerprint density at radius 1 is 1.17 bits per heavy atom. The Morgan fingerprint density at radius 3 is 2.38 bits per heavy atom. The molecular weight excluding hydrogens is 322 g/mol. The number of nitrogens with zero attached hydrogens (tertiary/aromatic N) is 1. The summed E-state index contributed by atoms with van der Waals surface area (Å²) in [5, 5.41) is 3.32. The van der Waals surface area contributed by atoms with Crippen molar-refractivity contribution in [2.75, 3.05) is 39.3 Å². The van der Waals surface area contributed by atoms with Gasteiger partial charge in [-0.25, -0.2) is 13.1 Å². The molecule has 0 spiro atoms. The molecule has 5 nitrogen and oxygen atoms in total. The van der Waals surface area contributed by atoms with Crippen LogP contribution in [0, 0.1) is 0 Å². The van der Waals surface area contributed by atoms with Crippen LogP contribution in [-0.2, 0) is 15.4 Å². The van der Waals surface area contributed by atoms with Crippen molar-refractivity contribution in [2.45, 2.75) is 43.9 Å². The second-order valence-electron chi connectivity index (χ2n) is 7.10. The van der Waals surface area contributed by atoms with Crippen LogP contribution in [0.25, 0.3) is 0 Å². The molecule has 0 bridgehead atoms. The molecule has 1 aromatic carbocycles. The molecular formula is C18H31N3O2S.